The van der Waals surface area contributed by atoms with Crippen LogP contribution in [0.3, 0.4) is 0 Å². The second-order valence-corrected chi connectivity index (χ2v) is 12.7. The van der Waals surface area contributed by atoms with E-state index in [0.717, 1.165) is 45.2 Å². The van der Waals surface area contributed by atoms with Crippen LogP contribution in [-0.2, 0) is 12.7 Å². The number of nitrogens with zero attached hydrogens (tertiary/aromatic N) is 4. The highest BCUT2D eigenvalue weighted by molar-refractivity contribution is 5.56. The van der Waals surface area contributed by atoms with Gasteiger partial charge >= 0.3 is 11.9 Å². The van der Waals surface area contributed by atoms with E-state index in [1.807, 2.05) is 4.90 Å². The largest absolute Gasteiger partial charge is 0.418 e. The molecule has 2 aliphatic heterocycles. The van der Waals surface area contributed by atoms with E-state index in [9.17, 15) is 22.4 Å². The lowest BCUT2D eigenvalue weighted by atomic mass is 9.51. The van der Waals surface area contributed by atoms with Crippen LogP contribution in [0, 0.1) is 17.3 Å². The minimum atomic E-state index is -4.58. The van der Waals surface area contributed by atoms with Gasteiger partial charge in [0.25, 0.3) is 0 Å². The fourth-order valence-electron chi connectivity index (χ4n) is 8.16. The molecule has 4 aliphatic rings. The Balaban J connectivity index is 1.31. The number of rotatable bonds is 5. The third-order valence-corrected chi connectivity index (χ3v) is 9.94. The van der Waals surface area contributed by atoms with Crippen LogP contribution >= 0.6 is 0 Å². The van der Waals surface area contributed by atoms with Gasteiger partial charge in [0.05, 0.1) is 23.9 Å². The van der Waals surface area contributed by atoms with Gasteiger partial charge in [-0.3, -0.25) is 18.8 Å². The number of hydrogen-bond acceptors (Lipinski definition) is 5. The predicted octanol–water partition coefficient (Wildman–Crippen LogP) is 4.52. The molecule has 4 fully saturated rings. The zero-order valence-electron chi connectivity index (χ0n) is 22.8. The minimum absolute atomic E-state index is 0.0887. The van der Waals surface area contributed by atoms with E-state index >= 15 is 0 Å². The molecule has 4 heterocycles. The first-order valence-electron chi connectivity index (χ1n) is 14.4. The number of pyridine rings is 1. The average Bonchev–Trinajstić information content (AvgIpc) is 3.45. The molecular weight excluding hydrogens is 512 g/mol. The standard InChI is InChI=1S/C28H40F4N6O/c1-18-12-27(13-18,25-34-33-17-35(25)2)20-4-3-5-22(11-20)37-16-24-23(28(30,31)32)10-19(15-38(24)26(37)39)14-36-8-6-21(29)7-9-36/h10,15-16,18,20-22,25,33-34H,3-9,11-14,17H2,1-2H3. The van der Waals surface area contributed by atoms with Gasteiger partial charge in [-0.2, -0.15) is 13.2 Å². The smallest absolute Gasteiger partial charge is 0.299 e. The van der Waals surface area contributed by atoms with Crippen LogP contribution in [0.25, 0.3) is 5.52 Å². The molecule has 0 bridgehead atoms. The van der Waals surface area contributed by atoms with E-state index in [4.69, 9.17) is 0 Å². The summed E-state index contributed by atoms with van der Waals surface area (Å²) in [5, 5.41) is 0. The van der Waals surface area contributed by atoms with E-state index in [2.05, 4.69) is 29.7 Å². The highest BCUT2D eigenvalue weighted by Crippen LogP contribution is 2.58. The zero-order chi connectivity index (χ0) is 27.5. The third-order valence-electron chi connectivity index (χ3n) is 9.94. The molecule has 2 N–H and O–H groups in total. The van der Waals surface area contributed by atoms with Gasteiger partial charge in [0.1, 0.15) is 6.17 Å². The van der Waals surface area contributed by atoms with E-state index in [0.29, 0.717) is 43.3 Å². The van der Waals surface area contributed by atoms with Gasteiger partial charge in [-0.05, 0) is 75.5 Å². The van der Waals surface area contributed by atoms with Crippen LogP contribution in [-0.4, -0.2) is 57.9 Å². The van der Waals surface area contributed by atoms with Gasteiger partial charge < -0.3 is 0 Å². The predicted molar refractivity (Wildman–Crippen MR) is 141 cm³/mol. The van der Waals surface area contributed by atoms with Crippen LogP contribution in [0.15, 0.2) is 23.3 Å². The summed E-state index contributed by atoms with van der Waals surface area (Å²) >= 11 is 0. The Hall–Kier alpha value is -1.95. The van der Waals surface area contributed by atoms with Crippen molar-refractivity contribution in [2.24, 2.45) is 17.3 Å². The maximum absolute atomic E-state index is 14.2. The molecule has 2 saturated heterocycles. The van der Waals surface area contributed by atoms with Crippen molar-refractivity contribution in [2.45, 2.75) is 89.4 Å². The van der Waals surface area contributed by atoms with Crippen molar-refractivity contribution >= 4 is 5.52 Å². The lowest BCUT2D eigenvalue weighted by molar-refractivity contribution is -0.136. The number of imidazole rings is 1. The number of fused-ring (bicyclic) bond motifs is 1. The van der Waals surface area contributed by atoms with Crippen LogP contribution < -0.4 is 16.5 Å². The summed E-state index contributed by atoms with van der Waals surface area (Å²) in [7, 11) is 2.11. The lowest BCUT2D eigenvalue weighted by Crippen LogP contribution is -2.60. The molecule has 7 nitrogen and oxygen atoms in total. The first-order chi connectivity index (χ1) is 18.5. The van der Waals surface area contributed by atoms with Crippen LogP contribution in [0.2, 0.25) is 0 Å². The van der Waals surface area contributed by atoms with Gasteiger partial charge in [-0.25, -0.2) is 20.0 Å². The summed E-state index contributed by atoms with van der Waals surface area (Å²) in [4.78, 5) is 17.9. The minimum Gasteiger partial charge on any atom is -0.299 e. The Kier molecular flexibility index (Phi) is 7.09. The number of aromatic nitrogens is 2. The molecule has 216 valence electrons. The number of hydrogen-bond donors (Lipinski definition) is 2. The van der Waals surface area contributed by atoms with Crippen molar-refractivity contribution < 1.29 is 17.6 Å². The summed E-state index contributed by atoms with van der Waals surface area (Å²) in [6.07, 6.45) is 4.38. The number of piperidine rings is 1. The van der Waals surface area contributed by atoms with Crippen LogP contribution in [0.1, 0.15) is 75.5 Å². The molecule has 2 aromatic heterocycles. The van der Waals surface area contributed by atoms with Crippen molar-refractivity contribution in [1.29, 1.82) is 0 Å². The van der Waals surface area contributed by atoms with Crippen LogP contribution in [0.4, 0.5) is 17.6 Å². The topological polar surface area (TPSA) is 57.0 Å². The van der Waals surface area contributed by atoms with E-state index in [1.54, 1.807) is 10.8 Å². The Labute approximate surface area is 226 Å². The van der Waals surface area contributed by atoms with Gasteiger partial charge in [0.15, 0.2) is 0 Å². The quantitative estimate of drug-likeness (QED) is 0.535. The Bertz CT molecular complexity index is 1240. The SMILES string of the molecule is CC1CC(C2CCCC(n3cc4c(C(F)(F)F)cc(CN5CCC(F)CC5)cn4c3=O)C2)(C2NNCN2C)C1. The van der Waals surface area contributed by atoms with E-state index in [1.165, 1.54) is 16.7 Å². The molecule has 39 heavy (non-hydrogen) atoms. The molecule has 3 atom stereocenters. The zero-order valence-corrected chi connectivity index (χ0v) is 22.8. The number of likely N-dealkylation sites (tertiary alicyclic amines) is 1. The Morgan fingerprint density at radius 1 is 1.10 bits per heavy atom. The number of nitrogens with one attached hydrogen (secondary N) is 2. The summed E-state index contributed by atoms with van der Waals surface area (Å²) in [6.45, 7) is 4.32. The molecule has 2 saturated carbocycles. The second kappa shape index (κ2) is 10.2. The molecule has 0 radical (unpaired) electrons. The molecule has 11 heteroatoms. The summed E-state index contributed by atoms with van der Waals surface area (Å²) < 4.78 is 59.0. The molecule has 6 rings (SSSR count). The summed E-state index contributed by atoms with van der Waals surface area (Å²) in [5.41, 5.74) is 5.99. The highest BCUT2D eigenvalue weighted by atomic mass is 19.4. The van der Waals surface area contributed by atoms with Crippen molar-refractivity contribution in [2.75, 3.05) is 26.8 Å². The normalized spacial score (nSPS) is 33.6. The van der Waals surface area contributed by atoms with E-state index in [-0.39, 0.29) is 29.7 Å². The second-order valence-electron chi connectivity index (χ2n) is 12.7. The molecule has 0 spiro atoms. The summed E-state index contributed by atoms with van der Waals surface area (Å²) in [6, 6.07) is 1.04. The van der Waals surface area contributed by atoms with Crippen molar-refractivity contribution in [3.05, 3.63) is 40.1 Å². The Morgan fingerprint density at radius 2 is 1.85 bits per heavy atom. The average molecular weight is 553 g/mol. The van der Waals surface area contributed by atoms with E-state index < -0.39 is 23.6 Å². The lowest BCUT2D eigenvalue weighted by Gasteiger charge is -2.57. The summed E-state index contributed by atoms with van der Waals surface area (Å²) in [5.74, 6) is 1.03. The first kappa shape index (κ1) is 27.2. The van der Waals surface area contributed by atoms with Crippen molar-refractivity contribution in [3.63, 3.8) is 0 Å². The monoisotopic (exact) mass is 552 g/mol. The first-order valence-corrected chi connectivity index (χ1v) is 14.4. The molecule has 2 aromatic rings. The molecule has 3 unspecified atom stereocenters. The number of halogens is 4. The Morgan fingerprint density at radius 3 is 2.49 bits per heavy atom. The highest BCUT2D eigenvalue weighted by Gasteiger charge is 2.55. The van der Waals surface area contributed by atoms with Gasteiger partial charge in [0.2, 0.25) is 0 Å². The van der Waals surface area contributed by atoms with Crippen molar-refractivity contribution in [1.82, 2.24) is 29.6 Å². The number of alkyl halides is 4. The number of hydrazine groups is 1. The molecule has 0 amide bonds. The maximum atomic E-state index is 14.2. The van der Waals surface area contributed by atoms with Gasteiger partial charge in [-0.1, -0.05) is 13.3 Å². The maximum Gasteiger partial charge on any atom is 0.418 e. The van der Waals surface area contributed by atoms with Gasteiger partial charge in [0, 0.05) is 43.5 Å². The van der Waals surface area contributed by atoms with Crippen molar-refractivity contribution in [3.8, 4) is 0 Å². The molecule has 2 aliphatic carbocycles. The molecular formula is C28H40F4N6O. The fraction of sp³-hybridized carbons (Fsp3) is 0.750. The van der Waals surface area contributed by atoms with Gasteiger partial charge in [-0.15, -0.1) is 0 Å². The van der Waals surface area contributed by atoms with Crippen LogP contribution in [0.5, 0.6) is 0 Å². The third kappa shape index (κ3) is 4.93. The fourth-order valence-corrected chi connectivity index (χ4v) is 8.16. The molecule has 0 aromatic carbocycles.